The summed E-state index contributed by atoms with van der Waals surface area (Å²) in [5.74, 6) is -0.304. The minimum absolute atomic E-state index is 0.204. The summed E-state index contributed by atoms with van der Waals surface area (Å²) in [6, 6.07) is -1.00. The van der Waals surface area contributed by atoms with E-state index in [1.54, 1.807) is 6.08 Å². The molecule has 0 aromatic rings. The first-order valence-corrected chi connectivity index (χ1v) is 42.7. The highest BCUT2D eigenvalue weighted by molar-refractivity contribution is 5.76. The van der Waals surface area contributed by atoms with Gasteiger partial charge in [0.2, 0.25) is 5.91 Å². The number of allylic oxidation sites excluding steroid dienone is 25. The molecule has 1 amide bonds. The van der Waals surface area contributed by atoms with Crippen LogP contribution in [0, 0.1) is 0 Å². The van der Waals surface area contributed by atoms with E-state index >= 15 is 0 Å². The molecule has 628 valence electrons. The maximum Gasteiger partial charge on any atom is 0.220 e. The molecule has 0 saturated carbocycles. The standard InChI is InChI=1S/C91H151NO18/c1-3-5-7-9-11-13-15-17-19-21-23-25-27-29-30-31-32-33-34-35-36-37-38-39-40-41-42-43-44-45-47-49-51-53-55-57-59-61-63-65-67-69-79(97)92-74(75(96)68-66-64-62-60-58-56-54-52-50-48-46-28-26-24-22-20-18-16-14-12-10-8-6-4-2)73-105-89-85(103)82(100)87(77(71-94)107-89)110-91-86(104)83(101)88(78(72-95)108-91)109-90-84(102)81(99)80(98)76(70-93)106-90/h5,7,11,13,17,19,23,25,29-30,32-33,35-36,38-39,41-42,44-45,49,51,55,57,66,68,74-78,80-91,93-96,98-104H,3-4,6,8-10,12,14-16,18,20-22,24,26-28,31,34,37,40,43,46-48,50,52-54,56,58-65,67,69-73H2,1-2H3,(H,92,97)/b7-5-,13-11-,19-17-,25-23-,30-29-,33-32-,36-35-,39-38-,42-41-,45-44-,51-49-,57-55-,68-66+. The molecule has 17 atom stereocenters. The summed E-state index contributed by atoms with van der Waals surface area (Å²) >= 11 is 0. The van der Waals surface area contributed by atoms with Gasteiger partial charge in [0, 0.05) is 6.42 Å². The Hall–Kier alpha value is -4.59. The van der Waals surface area contributed by atoms with Crippen molar-refractivity contribution < 1.29 is 89.4 Å². The number of nitrogens with one attached hydrogen (secondary N) is 1. The Morgan fingerprint density at radius 2 is 0.627 bits per heavy atom. The minimum atomic E-state index is -1.99. The van der Waals surface area contributed by atoms with Crippen molar-refractivity contribution in [2.45, 2.75) is 381 Å². The SMILES string of the molecule is CC/C=C\C/C=C\C/C=C\C/C=C\C/C=C\C/C=C\C/C=C\C/C=C\C/C=C\C/C=C\C/C=C\C/C=C\CCCCCCC(=O)NC(COC1OC(CO)C(OC2OC(CO)C(OC3OC(CO)C(O)C(O)C3O)C(O)C2O)C(O)C1O)C(O)/C=C/CCCCCCCCCCCCCCCCCCCCCCCC. The highest BCUT2D eigenvalue weighted by atomic mass is 16.8. The predicted molar refractivity (Wildman–Crippen MR) is 442 cm³/mol. The first-order valence-electron chi connectivity index (χ1n) is 42.7. The van der Waals surface area contributed by atoms with Gasteiger partial charge in [-0.25, -0.2) is 0 Å². The third-order valence-corrected chi connectivity index (χ3v) is 20.1. The molecule has 19 heteroatoms. The number of hydrogen-bond acceptors (Lipinski definition) is 18. The van der Waals surface area contributed by atoms with Crippen molar-refractivity contribution in [3.8, 4) is 0 Å². The molecule has 3 heterocycles. The second kappa shape index (κ2) is 68.8. The van der Waals surface area contributed by atoms with Crippen LogP contribution in [0.3, 0.4) is 0 Å². The highest BCUT2D eigenvalue weighted by Crippen LogP contribution is 2.33. The lowest BCUT2D eigenvalue weighted by Gasteiger charge is -2.48. The van der Waals surface area contributed by atoms with Crippen molar-refractivity contribution in [3.63, 3.8) is 0 Å². The van der Waals surface area contributed by atoms with Crippen LogP contribution in [0.2, 0.25) is 0 Å². The zero-order valence-electron chi connectivity index (χ0n) is 67.4. The van der Waals surface area contributed by atoms with Crippen LogP contribution in [0.4, 0.5) is 0 Å². The van der Waals surface area contributed by atoms with E-state index in [2.05, 4.69) is 165 Å². The van der Waals surface area contributed by atoms with E-state index in [0.29, 0.717) is 6.42 Å². The molecule has 110 heavy (non-hydrogen) atoms. The van der Waals surface area contributed by atoms with Crippen LogP contribution in [0.1, 0.15) is 277 Å². The maximum absolute atomic E-state index is 13.5. The van der Waals surface area contributed by atoms with E-state index in [1.165, 1.54) is 122 Å². The molecule has 0 aliphatic carbocycles. The summed E-state index contributed by atoms with van der Waals surface area (Å²) in [4.78, 5) is 13.5. The van der Waals surface area contributed by atoms with Gasteiger partial charge in [0.1, 0.15) is 73.2 Å². The molecule has 3 rings (SSSR count). The Morgan fingerprint density at radius 3 is 0.982 bits per heavy atom. The van der Waals surface area contributed by atoms with Gasteiger partial charge >= 0.3 is 0 Å². The summed E-state index contributed by atoms with van der Waals surface area (Å²) in [5, 5.41) is 121. The molecule has 0 aromatic heterocycles. The Balaban J connectivity index is 1.37. The van der Waals surface area contributed by atoms with Crippen LogP contribution in [0.5, 0.6) is 0 Å². The number of aliphatic hydroxyl groups is 11. The fourth-order valence-electron chi connectivity index (χ4n) is 13.3. The van der Waals surface area contributed by atoms with Gasteiger partial charge in [0.25, 0.3) is 0 Å². The van der Waals surface area contributed by atoms with Gasteiger partial charge in [-0.1, -0.05) is 320 Å². The smallest absolute Gasteiger partial charge is 0.220 e. The lowest BCUT2D eigenvalue weighted by atomic mass is 9.96. The van der Waals surface area contributed by atoms with Gasteiger partial charge in [-0.2, -0.15) is 0 Å². The Bertz CT molecular complexity index is 2610. The molecule has 12 N–H and O–H groups in total. The van der Waals surface area contributed by atoms with Crippen LogP contribution in [0.25, 0.3) is 0 Å². The number of unbranched alkanes of at least 4 members (excludes halogenated alkanes) is 26. The van der Waals surface area contributed by atoms with Crippen molar-refractivity contribution in [3.05, 3.63) is 158 Å². The maximum atomic E-state index is 13.5. The Morgan fingerprint density at radius 1 is 0.336 bits per heavy atom. The zero-order valence-corrected chi connectivity index (χ0v) is 67.4. The van der Waals surface area contributed by atoms with Crippen molar-refractivity contribution in [1.29, 1.82) is 0 Å². The van der Waals surface area contributed by atoms with Gasteiger partial charge in [0.05, 0.1) is 38.6 Å². The quantitative estimate of drug-likeness (QED) is 0.0199. The van der Waals surface area contributed by atoms with Crippen LogP contribution < -0.4 is 5.32 Å². The summed E-state index contributed by atoms with van der Waals surface area (Å²) in [6.07, 6.45) is 75.1. The van der Waals surface area contributed by atoms with Gasteiger partial charge in [-0.05, 0) is 109 Å². The van der Waals surface area contributed by atoms with Crippen LogP contribution in [-0.4, -0.2) is 193 Å². The summed E-state index contributed by atoms with van der Waals surface area (Å²) < 4.78 is 34.5. The monoisotopic (exact) mass is 1550 g/mol. The second-order valence-electron chi connectivity index (χ2n) is 29.6. The van der Waals surface area contributed by atoms with E-state index in [-0.39, 0.29) is 18.9 Å². The first-order chi connectivity index (χ1) is 53.8. The molecule has 0 spiro atoms. The van der Waals surface area contributed by atoms with E-state index in [9.17, 15) is 61.0 Å². The van der Waals surface area contributed by atoms with Crippen LogP contribution in [0.15, 0.2) is 158 Å². The zero-order chi connectivity index (χ0) is 79.5. The van der Waals surface area contributed by atoms with E-state index in [1.807, 2.05) is 6.08 Å². The number of carbonyl (C=O) groups is 1. The lowest BCUT2D eigenvalue weighted by molar-refractivity contribution is -0.379. The topological polar surface area (TPSA) is 307 Å². The van der Waals surface area contributed by atoms with Gasteiger partial charge < -0.3 is 89.9 Å². The van der Waals surface area contributed by atoms with Crippen molar-refractivity contribution in [2.75, 3.05) is 26.4 Å². The summed E-state index contributed by atoms with van der Waals surface area (Å²) in [7, 11) is 0. The normalized spacial score (nSPS) is 26.0. The molecule has 0 radical (unpaired) electrons. The Labute approximate surface area is 663 Å². The van der Waals surface area contributed by atoms with Gasteiger partial charge in [-0.15, -0.1) is 0 Å². The molecule has 3 saturated heterocycles. The lowest BCUT2D eigenvalue weighted by Crippen LogP contribution is -2.66. The Kier molecular flexibility index (Phi) is 62.3. The third-order valence-electron chi connectivity index (χ3n) is 20.1. The predicted octanol–water partition coefficient (Wildman–Crippen LogP) is 15.6. The van der Waals surface area contributed by atoms with Gasteiger partial charge in [0.15, 0.2) is 18.9 Å². The fraction of sp³-hybridized carbons (Fsp3) is 0.703. The molecular formula is C91H151NO18. The number of ether oxygens (including phenoxy) is 6. The molecule has 3 fully saturated rings. The van der Waals surface area contributed by atoms with E-state index in [4.69, 9.17) is 28.4 Å². The minimum Gasteiger partial charge on any atom is -0.394 e. The molecule has 0 bridgehead atoms. The highest BCUT2D eigenvalue weighted by Gasteiger charge is 2.54. The summed E-state index contributed by atoms with van der Waals surface area (Å²) in [5.41, 5.74) is 0. The van der Waals surface area contributed by atoms with E-state index < -0.39 is 124 Å². The average molecular weight is 1550 g/mol. The second-order valence-corrected chi connectivity index (χ2v) is 29.6. The van der Waals surface area contributed by atoms with E-state index in [0.717, 1.165) is 128 Å². The van der Waals surface area contributed by atoms with Crippen molar-refractivity contribution >= 4 is 5.91 Å². The largest absolute Gasteiger partial charge is 0.394 e. The van der Waals surface area contributed by atoms with Crippen LogP contribution >= 0.6 is 0 Å². The molecular weight excluding hydrogens is 1390 g/mol. The molecule has 3 aliphatic heterocycles. The first kappa shape index (κ1) is 99.6. The number of amides is 1. The molecule has 17 unspecified atom stereocenters. The molecule has 19 nitrogen and oxygen atoms in total. The third kappa shape index (κ3) is 47.3. The number of rotatable bonds is 66. The average Bonchev–Trinajstić information content (AvgIpc) is 0.782. The van der Waals surface area contributed by atoms with Crippen molar-refractivity contribution in [2.24, 2.45) is 0 Å². The fourth-order valence-corrected chi connectivity index (χ4v) is 13.3. The van der Waals surface area contributed by atoms with Crippen molar-refractivity contribution in [1.82, 2.24) is 5.32 Å². The molecule has 0 aromatic carbocycles. The van der Waals surface area contributed by atoms with Crippen LogP contribution in [-0.2, 0) is 33.2 Å². The van der Waals surface area contributed by atoms with Gasteiger partial charge in [-0.3, -0.25) is 4.79 Å². The number of aliphatic hydroxyl groups excluding tert-OH is 11. The number of hydrogen-bond donors (Lipinski definition) is 12. The molecule has 3 aliphatic rings. The number of carbonyl (C=O) groups excluding carboxylic acids is 1. The summed E-state index contributed by atoms with van der Waals surface area (Å²) in [6.45, 7) is 1.61.